The summed E-state index contributed by atoms with van der Waals surface area (Å²) in [4.78, 5) is 17.5. The number of nitrogens with two attached hydrogens (primary N) is 1. The monoisotopic (exact) mass is 255 g/mol. The van der Waals surface area contributed by atoms with Gasteiger partial charge in [-0.3, -0.25) is 10.1 Å². The van der Waals surface area contributed by atoms with Gasteiger partial charge in [0.05, 0.1) is 5.69 Å². The van der Waals surface area contributed by atoms with Gasteiger partial charge in [0.1, 0.15) is 6.10 Å². The molecular weight excluding hydrogens is 238 g/mol. The van der Waals surface area contributed by atoms with Gasteiger partial charge in [-0.05, 0) is 25.7 Å². The van der Waals surface area contributed by atoms with Gasteiger partial charge in [0.15, 0.2) is 5.13 Å². The number of methoxy groups -OCH3 is 1. The second-order valence-electron chi connectivity index (χ2n) is 4.05. The molecule has 1 aromatic rings. The van der Waals surface area contributed by atoms with Crippen LogP contribution in [0.4, 0.5) is 5.13 Å². The summed E-state index contributed by atoms with van der Waals surface area (Å²) in [7, 11) is 1.48. The molecular formula is C11H17N3O2S. The van der Waals surface area contributed by atoms with E-state index in [-0.39, 0.29) is 12.5 Å². The fraction of sp³-hybridized carbons (Fsp3) is 0.636. The SMILES string of the molecule is COC(CN)C(=O)Nc1nc2c(s1)CCCC2. The number of anilines is 1. The first-order valence-electron chi connectivity index (χ1n) is 5.77. The molecule has 0 aliphatic heterocycles. The predicted octanol–water partition coefficient (Wildman–Crippen LogP) is 0.934. The molecule has 1 heterocycles. The number of aryl methyl sites for hydroxylation is 2. The summed E-state index contributed by atoms with van der Waals surface area (Å²) in [5, 5.41) is 3.43. The fourth-order valence-corrected chi connectivity index (χ4v) is 2.95. The van der Waals surface area contributed by atoms with Crippen molar-refractivity contribution >= 4 is 22.4 Å². The Kier molecular flexibility index (Phi) is 4.09. The van der Waals surface area contributed by atoms with Crippen LogP contribution in [0.1, 0.15) is 23.4 Å². The molecule has 3 N–H and O–H groups in total. The fourth-order valence-electron chi connectivity index (χ4n) is 1.90. The lowest BCUT2D eigenvalue weighted by atomic mass is 10.0. The molecule has 2 rings (SSSR count). The van der Waals surface area contributed by atoms with Gasteiger partial charge in [0, 0.05) is 18.5 Å². The van der Waals surface area contributed by atoms with E-state index in [1.165, 1.54) is 24.8 Å². The average molecular weight is 255 g/mol. The molecule has 0 bridgehead atoms. The minimum atomic E-state index is -0.601. The minimum absolute atomic E-state index is 0.174. The number of aromatic nitrogens is 1. The first kappa shape index (κ1) is 12.5. The number of nitrogens with zero attached hydrogens (tertiary/aromatic N) is 1. The average Bonchev–Trinajstić information content (AvgIpc) is 2.72. The second kappa shape index (κ2) is 5.57. The topological polar surface area (TPSA) is 77.2 Å². The van der Waals surface area contributed by atoms with Crippen molar-refractivity contribution in [1.82, 2.24) is 4.98 Å². The van der Waals surface area contributed by atoms with Crippen molar-refractivity contribution in [2.24, 2.45) is 5.73 Å². The van der Waals surface area contributed by atoms with Gasteiger partial charge in [-0.25, -0.2) is 4.98 Å². The van der Waals surface area contributed by atoms with Gasteiger partial charge < -0.3 is 10.5 Å². The van der Waals surface area contributed by atoms with Crippen molar-refractivity contribution in [2.45, 2.75) is 31.8 Å². The van der Waals surface area contributed by atoms with Crippen LogP contribution in [-0.2, 0) is 22.4 Å². The molecule has 1 unspecified atom stereocenters. The molecule has 6 heteroatoms. The smallest absolute Gasteiger partial charge is 0.256 e. The van der Waals surface area contributed by atoms with Crippen LogP contribution in [0.25, 0.3) is 0 Å². The largest absolute Gasteiger partial charge is 0.370 e. The van der Waals surface area contributed by atoms with E-state index in [4.69, 9.17) is 10.5 Å². The van der Waals surface area contributed by atoms with Gasteiger partial charge in [-0.2, -0.15) is 0 Å². The van der Waals surface area contributed by atoms with E-state index in [9.17, 15) is 4.79 Å². The molecule has 1 atom stereocenters. The molecule has 1 amide bonds. The maximum absolute atomic E-state index is 11.7. The van der Waals surface area contributed by atoms with E-state index in [0.29, 0.717) is 5.13 Å². The number of carbonyl (C=O) groups excluding carboxylic acids is 1. The molecule has 0 aromatic carbocycles. The van der Waals surface area contributed by atoms with E-state index in [2.05, 4.69) is 10.3 Å². The van der Waals surface area contributed by atoms with Crippen LogP contribution in [0.2, 0.25) is 0 Å². The van der Waals surface area contributed by atoms with Gasteiger partial charge in [0.25, 0.3) is 5.91 Å². The number of hydrogen-bond donors (Lipinski definition) is 2. The van der Waals surface area contributed by atoms with Crippen LogP contribution in [-0.4, -0.2) is 30.6 Å². The molecule has 1 aromatic heterocycles. The predicted molar refractivity (Wildman–Crippen MR) is 67.2 cm³/mol. The molecule has 17 heavy (non-hydrogen) atoms. The molecule has 0 fully saturated rings. The zero-order chi connectivity index (χ0) is 12.3. The number of fused-ring (bicyclic) bond motifs is 1. The van der Waals surface area contributed by atoms with Gasteiger partial charge in [0.2, 0.25) is 0 Å². The van der Waals surface area contributed by atoms with Crippen molar-refractivity contribution in [3.8, 4) is 0 Å². The maximum Gasteiger partial charge on any atom is 0.256 e. The van der Waals surface area contributed by atoms with Crippen molar-refractivity contribution in [2.75, 3.05) is 19.0 Å². The highest BCUT2D eigenvalue weighted by Crippen LogP contribution is 2.29. The van der Waals surface area contributed by atoms with E-state index >= 15 is 0 Å². The molecule has 0 radical (unpaired) electrons. The summed E-state index contributed by atoms with van der Waals surface area (Å²) in [5.74, 6) is -0.221. The van der Waals surface area contributed by atoms with Gasteiger partial charge >= 0.3 is 0 Å². The number of ether oxygens (including phenoxy) is 1. The lowest BCUT2D eigenvalue weighted by Gasteiger charge is -2.10. The summed E-state index contributed by atoms with van der Waals surface area (Å²) in [5.41, 5.74) is 6.57. The Bertz CT molecular complexity index is 378. The van der Waals surface area contributed by atoms with E-state index in [0.717, 1.165) is 18.5 Å². The Morgan fingerprint density at radius 2 is 2.35 bits per heavy atom. The molecule has 0 saturated heterocycles. The summed E-state index contributed by atoms with van der Waals surface area (Å²) >= 11 is 1.56. The molecule has 1 aliphatic rings. The van der Waals surface area contributed by atoms with Crippen LogP contribution in [0, 0.1) is 0 Å². The Morgan fingerprint density at radius 1 is 1.59 bits per heavy atom. The van der Waals surface area contributed by atoms with Crippen LogP contribution >= 0.6 is 11.3 Å². The normalized spacial score (nSPS) is 16.4. The molecule has 94 valence electrons. The van der Waals surface area contributed by atoms with Gasteiger partial charge in [-0.1, -0.05) is 0 Å². The first-order chi connectivity index (χ1) is 8.24. The Morgan fingerprint density at radius 3 is 3.00 bits per heavy atom. The third-order valence-electron chi connectivity index (χ3n) is 2.87. The van der Waals surface area contributed by atoms with Crippen molar-refractivity contribution in [3.63, 3.8) is 0 Å². The lowest BCUT2D eigenvalue weighted by Crippen LogP contribution is -2.35. The Hall–Kier alpha value is -0.980. The summed E-state index contributed by atoms with van der Waals surface area (Å²) < 4.78 is 4.98. The van der Waals surface area contributed by atoms with Crippen molar-refractivity contribution in [3.05, 3.63) is 10.6 Å². The molecule has 0 saturated carbocycles. The lowest BCUT2D eigenvalue weighted by molar-refractivity contribution is -0.125. The van der Waals surface area contributed by atoms with Crippen molar-refractivity contribution < 1.29 is 9.53 Å². The third kappa shape index (κ3) is 2.83. The highest BCUT2D eigenvalue weighted by Gasteiger charge is 2.20. The number of amides is 1. The third-order valence-corrected chi connectivity index (χ3v) is 3.94. The van der Waals surface area contributed by atoms with Crippen LogP contribution in [0.5, 0.6) is 0 Å². The minimum Gasteiger partial charge on any atom is -0.370 e. The van der Waals surface area contributed by atoms with E-state index < -0.39 is 6.10 Å². The number of nitrogens with one attached hydrogen (secondary N) is 1. The Labute approximate surface area is 104 Å². The standard InChI is InChI=1S/C11H17N3O2S/c1-16-8(6-12)10(15)14-11-13-7-4-2-3-5-9(7)17-11/h8H,2-6,12H2,1H3,(H,13,14,15). The summed E-state index contributed by atoms with van der Waals surface area (Å²) in [6, 6.07) is 0. The number of thiazole rings is 1. The van der Waals surface area contributed by atoms with E-state index in [1.807, 2.05) is 0 Å². The van der Waals surface area contributed by atoms with Crippen LogP contribution < -0.4 is 11.1 Å². The van der Waals surface area contributed by atoms with Crippen LogP contribution in [0.15, 0.2) is 0 Å². The number of hydrogen-bond acceptors (Lipinski definition) is 5. The zero-order valence-corrected chi connectivity index (χ0v) is 10.7. The number of rotatable bonds is 4. The number of carbonyl (C=O) groups is 1. The molecule has 0 spiro atoms. The first-order valence-corrected chi connectivity index (χ1v) is 6.58. The maximum atomic E-state index is 11.7. The molecule has 1 aliphatic carbocycles. The van der Waals surface area contributed by atoms with Crippen molar-refractivity contribution in [1.29, 1.82) is 0 Å². The van der Waals surface area contributed by atoms with E-state index in [1.54, 1.807) is 11.3 Å². The second-order valence-corrected chi connectivity index (χ2v) is 5.13. The highest BCUT2D eigenvalue weighted by molar-refractivity contribution is 7.15. The highest BCUT2D eigenvalue weighted by atomic mass is 32.1. The van der Waals surface area contributed by atoms with Gasteiger partial charge in [-0.15, -0.1) is 11.3 Å². The summed E-state index contributed by atoms with van der Waals surface area (Å²) in [6.45, 7) is 0.174. The molecule has 5 nitrogen and oxygen atoms in total. The Balaban J connectivity index is 2.03. The zero-order valence-electron chi connectivity index (χ0n) is 9.86. The quantitative estimate of drug-likeness (QED) is 0.839. The summed E-state index contributed by atoms with van der Waals surface area (Å²) in [6.07, 6.45) is 3.90. The van der Waals surface area contributed by atoms with Crippen LogP contribution in [0.3, 0.4) is 0 Å².